The van der Waals surface area contributed by atoms with Gasteiger partial charge in [0.15, 0.2) is 0 Å². The van der Waals surface area contributed by atoms with Crippen molar-refractivity contribution in [3.8, 4) is 0 Å². The first-order valence-corrected chi connectivity index (χ1v) is 11.2. The molecular formula is C23H27ClN2O2S. The fourth-order valence-corrected chi connectivity index (χ4v) is 5.66. The largest absolute Gasteiger partial charge is 0.296 e. The average Bonchev–Trinajstić information content (AvgIpc) is 2.68. The summed E-state index contributed by atoms with van der Waals surface area (Å²) >= 11 is 0. The van der Waals surface area contributed by atoms with E-state index in [4.69, 9.17) is 0 Å². The Labute approximate surface area is 179 Å². The van der Waals surface area contributed by atoms with Crippen molar-refractivity contribution in [2.45, 2.75) is 25.3 Å². The molecule has 4 nitrogen and oxygen atoms in total. The van der Waals surface area contributed by atoms with Crippen LogP contribution in [0, 0.1) is 13.8 Å². The van der Waals surface area contributed by atoms with E-state index in [1.165, 1.54) is 16.3 Å². The molecule has 0 radical (unpaired) electrons. The highest BCUT2D eigenvalue weighted by Gasteiger charge is 2.29. The van der Waals surface area contributed by atoms with E-state index in [2.05, 4.69) is 47.4 Å². The summed E-state index contributed by atoms with van der Waals surface area (Å²) in [5, 5.41) is 2.52. The monoisotopic (exact) mass is 430 g/mol. The van der Waals surface area contributed by atoms with Gasteiger partial charge in [-0.3, -0.25) is 4.90 Å². The van der Waals surface area contributed by atoms with Gasteiger partial charge in [0.05, 0.1) is 4.90 Å². The fourth-order valence-electron chi connectivity index (χ4n) is 4.03. The molecule has 3 aromatic rings. The lowest BCUT2D eigenvalue weighted by Crippen LogP contribution is -2.48. The lowest BCUT2D eigenvalue weighted by Gasteiger charge is -2.34. The van der Waals surface area contributed by atoms with Crippen LogP contribution < -0.4 is 0 Å². The third-order valence-corrected chi connectivity index (χ3v) is 7.61. The van der Waals surface area contributed by atoms with E-state index in [1.54, 1.807) is 10.4 Å². The zero-order valence-corrected chi connectivity index (χ0v) is 18.5. The van der Waals surface area contributed by atoms with Gasteiger partial charge in [-0.15, -0.1) is 12.4 Å². The van der Waals surface area contributed by atoms with Crippen molar-refractivity contribution in [2.24, 2.45) is 0 Å². The highest BCUT2D eigenvalue weighted by Crippen LogP contribution is 2.24. The maximum absolute atomic E-state index is 13.1. The minimum atomic E-state index is -3.43. The van der Waals surface area contributed by atoms with Crippen LogP contribution in [-0.2, 0) is 16.6 Å². The van der Waals surface area contributed by atoms with Crippen LogP contribution in [0.15, 0.2) is 65.6 Å². The van der Waals surface area contributed by atoms with Crippen molar-refractivity contribution in [1.29, 1.82) is 0 Å². The van der Waals surface area contributed by atoms with Gasteiger partial charge in [0.25, 0.3) is 0 Å². The Hall–Kier alpha value is -1.92. The van der Waals surface area contributed by atoms with E-state index >= 15 is 0 Å². The number of hydrogen-bond donors (Lipinski definition) is 0. The Morgan fingerprint density at radius 2 is 1.55 bits per heavy atom. The van der Waals surface area contributed by atoms with Crippen molar-refractivity contribution in [3.63, 3.8) is 0 Å². The number of halogens is 1. The average molecular weight is 431 g/mol. The van der Waals surface area contributed by atoms with E-state index < -0.39 is 10.0 Å². The molecule has 0 amide bonds. The van der Waals surface area contributed by atoms with Gasteiger partial charge in [-0.25, -0.2) is 8.42 Å². The first-order valence-electron chi connectivity index (χ1n) is 9.71. The van der Waals surface area contributed by atoms with Crippen LogP contribution in [0.25, 0.3) is 10.8 Å². The SMILES string of the molecule is Cc1ccc(S(=O)(=O)N2CCN(Cc3cccc4ccccc34)CC2)c(C)c1.Cl. The zero-order chi connectivity index (χ0) is 19.7. The van der Waals surface area contributed by atoms with Gasteiger partial charge in [-0.1, -0.05) is 60.2 Å². The summed E-state index contributed by atoms with van der Waals surface area (Å²) < 4.78 is 27.8. The van der Waals surface area contributed by atoms with Gasteiger partial charge in [-0.05, 0) is 41.8 Å². The van der Waals surface area contributed by atoms with E-state index in [9.17, 15) is 8.42 Å². The summed E-state index contributed by atoms with van der Waals surface area (Å²) in [5.41, 5.74) is 3.19. The fraction of sp³-hybridized carbons (Fsp3) is 0.304. The first-order chi connectivity index (χ1) is 13.4. The number of piperazine rings is 1. The second kappa shape index (κ2) is 8.84. The summed E-state index contributed by atoms with van der Waals surface area (Å²) in [4.78, 5) is 2.77. The standard InChI is InChI=1S/C23H26N2O2S.ClH/c1-18-10-11-23(19(2)16-18)28(26,27)25-14-12-24(13-15-25)17-21-8-5-7-20-6-3-4-9-22(20)21;/h3-11,16H,12-15,17H2,1-2H3;1H. The highest BCUT2D eigenvalue weighted by atomic mass is 35.5. The van der Waals surface area contributed by atoms with Crippen LogP contribution in [0.3, 0.4) is 0 Å². The molecule has 0 spiro atoms. The quantitative estimate of drug-likeness (QED) is 0.616. The second-order valence-electron chi connectivity index (χ2n) is 7.59. The second-order valence-corrected chi connectivity index (χ2v) is 9.49. The summed E-state index contributed by atoms with van der Waals surface area (Å²) in [6.45, 7) is 7.24. The molecule has 3 aromatic carbocycles. The Morgan fingerprint density at radius 3 is 2.28 bits per heavy atom. The molecular weight excluding hydrogens is 404 g/mol. The summed E-state index contributed by atoms with van der Waals surface area (Å²) in [5.74, 6) is 0. The summed E-state index contributed by atoms with van der Waals surface area (Å²) in [6, 6.07) is 20.4. The molecule has 4 rings (SSSR count). The van der Waals surface area contributed by atoms with Gasteiger partial charge in [-0.2, -0.15) is 4.31 Å². The molecule has 1 aliphatic rings. The van der Waals surface area contributed by atoms with E-state index in [-0.39, 0.29) is 12.4 Å². The van der Waals surface area contributed by atoms with Crippen molar-refractivity contribution in [2.75, 3.05) is 26.2 Å². The van der Waals surface area contributed by atoms with Gasteiger partial charge in [0.1, 0.15) is 0 Å². The third kappa shape index (κ3) is 4.48. The minimum absolute atomic E-state index is 0. The topological polar surface area (TPSA) is 40.6 Å². The van der Waals surface area contributed by atoms with E-state index in [0.29, 0.717) is 18.0 Å². The molecule has 1 heterocycles. The number of aryl methyl sites for hydroxylation is 2. The summed E-state index contributed by atoms with van der Waals surface area (Å²) in [7, 11) is -3.43. The van der Waals surface area contributed by atoms with Crippen LogP contribution in [0.2, 0.25) is 0 Å². The maximum atomic E-state index is 13.1. The number of sulfonamides is 1. The smallest absolute Gasteiger partial charge is 0.243 e. The van der Waals surface area contributed by atoms with Crippen LogP contribution >= 0.6 is 12.4 Å². The molecule has 0 N–H and O–H groups in total. The first kappa shape index (κ1) is 21.8. The van der Waals surface area contributed by atoms with Gasteiger partial charge in [0.2, 0.25) is 10.0 Å². The molecule has 1 fully saturated rings. The van der Waals surface area contributed by atoms with Crippen molar-refractivity contribution >= 4 is 33.2 Å². The Balaban J connectivity index is 0.00000240. The molecule has 0 aromatic heterocycles. The molecule has 0 saturated carbocycles. The number of benzene rings is 3. The Bertz CT molecular complexity index is 1100. The molecule has 154 valence electrons. The lowest BCUT2D eigenvalue weighted by molar-refractivity contribution is 0.182. The highest BCUT2D eigenvalue weighted by molar-refractivity contribution is 7.89. The van der Waals surface area contributed by atoms with Crippen molar-refractivity contribution in [1.82, 2.24) is 9.21 Å². The molecule has 6 heteroatoms. The molecule has 0 bridgehead atoms. The van der Waals surface area contributed by atoms with Crippen LogP contribution in [0.5, 0.6) is 0 Å². The molecule has 0 aliphatic carbocycles. The number of rotatable bonds is 4. The number of hydrogen-bond acceptors (Lipinski definition) is 3. The van der Waals surface area contributed by atoms with E-state index in [1.807, 2.05) is 26.0 Å². The van der Waals surface area contributed by atoms with Crippen LogP contribution in [0.4, 0.5) is 0 Å². The third-order valence-electron chi connectivity index (χ3n) is 5.55. The minimum Gasteiger partial charge on any atom is -0.296 e. The predicted molar refractivity (Wildman–Crippen MR) is 121 cm³/mol. The van der Waals surface area contributed by atoms with Gasteiger partial charge < -0.3 is 0 Å². The number of fused-ring (bicyclic) bond motifs is 1. The van der Waals surface area contributed by atoms with Gasteiger partial charge in [0, 0.05) is 32.7 Å². The van der Waals surface area contributed by atoms with Crippen molar-refractivity contribution < 1.29 is 8.42 Å². The molecule has 29 heavy (non-hydrogen) atoms. The Morgan fingerprint density at radius 1 is 0.862 bits per heavy atom. The van der Waals surface area contributed by atoms with Crippen molar-refractivity contribution in [3.05, 3.63) is 77.4 Å². The van der Waals surface area contributed by atoms with Gasteiger partial charge >= 0.3 is 0 Å². The molecule has 1 saturated heterocycles. The van der Waals surface area contributed by atoms with E-state index in [0.717, 1.165) is 30.8 Å². The lowest BCUT2D eigenvalue weighted by atomic mass is 10.0. The summed E-state index contributed by atoms with van der Waals surface area (Å²) in [6.07, 6.45) is 0. The zero-order valence-electron chi connectivity index (χ0n) is 16.8. The Kier molecular flexibility index (Phi) is 6.64. The van der Waals surface area contributed by atoms with Crippen LogP contribution in [-0.4, -0.2) is 43.8 Å². The molecule has 0 atom stereocenters. The maximum Gasteiger partial charge on any atom is 0.243 e. The molecule has 1 aliphatic heterocycles. The molecule has 0 unspecified atom stereocenters. The number of nitrogens with zero attached hydrogens (tertiary/aromatic N) is 2. The van der Waals surface area contributed by atoms with Crippen LogP contribution in [0.1, 0.15) is 16.7 Å². The predicted octanol–water partition coefficient (Wildman–Crippen LogP) is 4.38. The normalized spacial score (nSPS) is 15.9.